The van der Waals surface area contributed by atoms with E-state index in [2.05, 4.69) is 5.32 Å². The molecule has 3 aromatic carbocycles. The van der Waals surface area contributed by atoms with Crippen LogP contribution in [0.3, 0.4) is 0 Å². The van der Waals surface area contributed by atoms with Gasteiger partial charge in [0.2, 0.25) is 17.7 Å². The van der Waals surface area contributed by atoms with Crippen LogP contribution < -0.4 is 24.6 Å². The Balaban J connectivity index is 1.43. The number of amides is 3. The average Bonchev–Trinajstić information content (AvgIpc) is 3.45. The summed E-state index contributed by atoms with van der Waals surface area (Å²) in [5, 5.41) is 3.39. The lowest BCUT2D eigenvalue weighted by atomic mass is 9.83. The van der Waals surface area contributed by atoms with E-state index < -0.39 is 39.7 Å². The van der Waals surface area contributed by atoms with E-state index in [4.69, 9.17) is 44.3 Å². The smallest absolute Gasteiger partial charge is 0.308 e. The third-order valence-corrected chi connectivity index (χ3v) is 11.0. The molecular formula is C30H22Cl3N3O6S2. The summed E-state index contributed by atoms with van der Waals surface area (Å²) < 4.78 is 12.3. The average molecular weight is 691 g/mol. The molecule has 226 valence electrons. The standard InChI is InChI=1S/C30H22Cl3N3O6S2/c1-41-20-10-3-14(11-21(20)42-2)23-24-25(28(39)36(27(24)38)17-7-4-15(31)5-8-17)43-29-26(23)44-30(40)35(29)13-22(37)34-16-6-9-18(32)19(33)12-16/h3-12,23-25H,13H2,1-2H3,(H,34,37). The maximum atomic E-state index is 14.1. The van der Waals surface area contributed by atoms with E-state index in [9.17, 15) is 19.2 Å². The number of ether oxygens (including phenoxy) is 2. The normalized spacial score (nSPS) is 19.0. The lowest BCUT2D eigenvalue weighted by Gasteiger charge is -2.31. The molecule has 0 saturated carbocycles. The first-order chi connectivity index (χ1) is 21.1. The molecule has 0 spiro atoms. The molecule has 1 saturated heterocycles. The minimum Gasteiger partial charge on any atom is -0.493 e. The summed E-state index contributed by atoms with van der Waals surface area (Å²) in [6.45, 7) is -0.322. The van der Waals surface area contributed by atoms with Crippen LogP contribution in [-0.2, 0) is 20.9 Å². The summed E-state index contributed by atoms with van der Waals surface area (Å²) >= 11 is 20.2. The van der Waals surface area contributed by atoms with Gasteiger partial charge in [0, 0.05) is 21.5 Å². The van der Waals surface area contributed by atoms with Gasteiger partial charge in [-0.05, 0) is 60.2 Å². The molecule has 0 bridgehead atoms. The van der Waals surface area contributed by atoms with Gasteiger partial charge in [0.1, 0.15) is 11.8 Å². The number of rotatable bonds is 7. The van der Waals surface area contributed by atoms with Crippen molar-refractivity contribution in [2.24, 2.45) is 5.92 Å². The number of halogens is 3. The minimum absolute atomic E-state index is 0.267. The van der Waals surface area contributed by atoms with E-state index in [1.807, 2.05) is 0 Å². The van der Waals surface area contributed by atoms with Gasteiger partial charge in [-0.25, -0.2) is 4.90 Å². The first-order valence-corrected chi connectivity index (χ1v) is 15.9. The Labute approximate surface area is 274 Å². The van der Waals surface area contributed by atoms with Crippen LogP contribution in [0.25, 0.3) is 0 Å². The van der Waals surface area contributed by atoms with Crippen LogP contribution in [0, 0.1) is 5.92 Å². The van der Waals surface area contributed by atoms with Gasteiger partial charge in [-0.1, -0.05) is 64.0 Å². The highest BCUT2D eigenvalue weighted by atomic mass is 35.5. The van der Waals surface area contributed by atoms with Crippen LogP contribution in [-0.4, -0.2) is 41.8 Å². The Kier molecular flexibility index (Phi) is 8.42. The van der Waals surface area contributed by atoms with Gasteiger partial charge in [-0.2, -0.15) is 0 Å². The zero-order valence-electron chi connectivity index (χ0n) is 23.0. The van der Waals surface area contributed by atoms with Crippen molar-refractivity contribution in [2.45, 2.75) is 22.7 Å². The number of nitrogens with one attached hydrogen (secondary N) is 1. The molecule has 0 aliphatic carbocycles. The van der Waals surface area contributed by atoms with Crippen LogP contribution in [0.15, 0.2) is 70.5 Å². The van der Waals surface area contributed by atoms with Crippen molar-refractivity contribution in [1.29, 1.82) is 0 Å². The lowest BCUT2D eigenvalue weighted by molar-refractivity contribution is -0.122. The van der Waals surface area contributed by atoms with Crippen LogP contribution >= 0.6 is 57.9 Å². The lowest BCUT2D eigenvalue weighted by Crippen LogP contribution is -2.33. The van der Waals surface area contributed by atoms with Crippen LogP contribution in [0.4, 0.5) is 11.4 Å². The second kappa shape index (κ2) is 12.1. The molecule has 3 atom stereocenters. The number of hydrogen-bond donors (Lipinski definition) is 1. The Hall–Kier alpha value is -3.48. The minimum atomic E-state index is -0.859. The number of anilines is 2. The van der Waals surface area contributed by atoms with Crippen molar-refractivity contribution in [3.63, 3.8) is 0 Å². The predicted molar refractivity (Wildman–Crippen MR) is 172 cm³/mol. The Morgan fingerprint density at radius 3 is 2.30 bits per heavy atom. The van der Waals surface area contributed by atoms with Crippen molar-refractivity contribution >= 4 is 87.0 Å². The van der Waals surface area contributed by atoms with Gasteiger partial charge in [-0.3, -0.25) is 23.7 Å². The van der Waals surface area contributed by atoms with E-state index >= 15 is 0 Å². The zero-order chi connectivity index (χ0) is 31.3. The van der Waals surface area contributed by atoms with Gasteiger partial charge in [0.15, 0.2) is 11.5 Å². The molecule has 1 fully saturated rings. The number of nitrogens with zero attached hydrogens (tertiary/aromatic N) is 2. The highest BCUT2D eigenvalue weighted by Crippen LogP contribution is 2.54. The second-order valence-corrected chi connectivity index (χ2v) is 13.3. The monoisotopic (exact) mass is 689 g/mol. The number of imide groups is 1. The van der Waals surface area contributed by atoms with Gasteiger partial charge >= 0.3 is 4.87 Å². The van der Waals surface area contributed by atoms with E-state index in [1.165, 1.54) is 29.8 Å². The van der Waals surface area contributed by atoms with Crippen LogP contribution in [0.5, 0.6) is 11.5 Å². The quantitative estimate of drug-likeness (QED) is 0.226. The van der Waals surface area contributed by atoms with Crippen molar-refractivity contribution < 1.29 is 23.9 Å². The number of carbonyl (C=O) groups excluding carboxylic acids is 3. The Morgan fingerprint density at radius 2 is 1.61 bits per heavy atom. The molecule has 1 aromatic heterocycles. The first-order valence-electron chi connectivity index (χ1n) is 13.1. The molecule has 44 heavy (non-hydrogen) atoms. The summed E-state index contributed by atoms with van der Waals surface area (Å²) in [5.74, 6) is -1.89. The van der Waals surface area contributed by atoms with Crippen LogP contribution in [0.1, 0.15) is 16.4 Å². The molecule has 6 rings (SSSR count). The number of thiazole rings is 1. The fourth-order valence-electron chi connectivity index (χ4n) is 5.42. The number of thioether (sulfide) groups is 1. The molecule has 4 aromatic rings. The third-order valence-electron chi connectivity index (χ3n) is 7.41. The number of fused-ring (bicyclic) bond motifs is 2. The molecule has 3 unspecified atom stereocenters. The number of methoxy groups -OCH3 is 2. The molecule has 1 N–H and O–H groups in total. The number of aromatic nitrogens is 1. The molecule has 14 heteroatoms. The van der Waals surface area contributed by atoms with Crippen LogP contribution in [0.2, 0.25) is 15.1 Å². The maximum Gasteiger partial charge on any atom is 0.308 e. The number of benzene rings is 3. The summed E-state index contributed by atoms with van der Waals surface area (Å²) in [6, 6.07) is 16.4. The van der Waals surface area contributed by atoms with E-state index in [1.54, 1.807) is 54.6 Å². The first kappa shape index (κ1) is 30.5. The molecule has 9 nitrogen and oxygen atoms in total. The van der Waals surface area contributed by atoms with E-state index in [0.717, 1.165) is 23.1 Å². The molecule has 2 aliphatic heterocycles. The van der Waals surface area contributed by atoms with Crippen molar-refractivity contribution in [3.05, 3.63) is 95.8 Å². The highest BCUT2D eigenvalue weighted by molar-refractivity contribution is 8.00. The third kappa shape index (κ3) is 5.37. The summed E-state index contributed by atoms with van der Waals surface area (Å²) in [4.78, 5) is 55.8. The molecule has 0 radical (unpaired) electrons. The van der Waals surface area contributed by atoms with E-state index in [-0.39, 0.29) is 11.6 Å². The van der Waals surface area contributed by atoms with Gasteiger partial charge < -0.3 is 14.8 Å². The second-order valence-electron chi connectivity index (χ2n) is 9.95. The Bertz CT molecular complexity index is 1880. The number of carbonyl (C=O) groups is 3. The zero-order valence-corrected chi connectivity index (χ0v) is 26.9. The van der Waals surface area contributed by atoms with Crippen molar-refractivity contribution in [2.75, 3.05) is 24.4 Å². The summed E-state index contributed by atoms with van der Waals surface area (Å²) in [6.07, 6.45) is 0. The molecule has 2 aliphatic rings. The van der Waals surface area contributed by atoms with Crippen molar-refractivity contribution in [3.8, 4) is 11.5 Å². The molecular weight excluding hydrogens is 669 g/mol. The largest absolute Gasteiger partial charge is 0.493 e. The highest BCUT2D eigenvalue weighted by Gasteiger charge is 2.57. The fraction of sp³-hybridized carbons (Fsp3) is 0.200. The van der Waals surface area contributed by atoms with Gasteiger partial charge in [-0.15, -0.1) is 0 Å². The SMILES string of the molecule is COc1ccc(C2c3sc(=O)n(CC(=O)Nc4ccc(Cl)c(Cl)c4)c3SC3C(=O)N(c4ccc(Cl)cc4)C(=O)C32)cc1OC. The molecule has 3 amide bonds. The maximum absolute atomic E-state index is 14.1. The van der Waals surface area contributed by atoms with Gasteiger partial charge in [0.25, 0.3) is 0 Å². The van der Waals surface area contributed by atoms with Gasteiger partial charge in [0.05, 0.1) is 40.9 Å². The molecule has 3 heterocycles. The predicted octanol–water partition coefficient (Wildman–Crippen LogP) is 6.32. The van der Waals surface area contributed by atoms with E-state index in [0.29, 0.717) is 48.4 Å². The van der Waals surface area contributed by atoms with Crippen molar-refractivity contribution in [1.82, 2.24) is 4.57 Å². The Morgan fingerprint density at radius 1 is 0.886 bits per heavy atom. The fourth-order valence-corrected chi connectivity index (χ4v) is 8.62. The number of hydrogen-bond acceptors (Lipinski definition) is 8. The summed E-state index contributed by atoms with van der Waals surface area (Å²) in [5.41, 5.74) is 1.46. The topological polar surface area (TPSA) is 107 Å². The summed E-state index contributed by atoms with van der Waals surface area (Å²) in [7, 11) is 3.02.